The van der Waals surface area contributed by atoms with Crippen LogP contribution in [-0.2, 0) is 39.8 Å². The molecule has 50 valence electrons. The van der Waals surface area contributed by atoms with Crippen molar-refractivity contribution in [3.05, 3.63) is 0 Å². The van der Waals surface area contributed by atoms with E-state index in [1.807, 2.05) is 0 Å². The molecule has 0 aromatic rings. The van der Waals surface area contributed by atoms with Gasteiger partial charge in [-0.3, -0.25) is 4.79 Å². The van der Waals surface area contributed by atoms with Gasteiger partial charge in [-0.25, -0.2) is 0 Å². The molecule has 0 amide bonds. The average Bonchev–Trinajstić information content (AvgIpc) is 1.87. The van der Waals surface area contributed by atoms with Crippen LogP contribution in [0.1, 0.15) is 19.3 Å². The minimum Gasteiger partial charge on any atom is -0.789 e. The number of rotatable bonds is 0. The first-order chi connectivity index (χ1) is 3.29. The van der Waals surface area contributed by atoms with E-state index in [-0.39, 0.29) is 27.6 Å². The first kappa shape index (κ1) is 8.76. The fraction of sp³-hybridized carbons (Fsp3) is 0.800. The predicted octanol–water partition coefficient (Wildman–Crippen LogP) is 0.652. The molecule has 1 atom stereocenters. The van der Waals surface area contributed by atoms with Gasteiger partial charge in [0.25, 0.3) is 0 Å². The monoisotopic (exact) mass is 312 g/mol. The van der Waals surface area contributed by atoms with Crippen LogP contribution in [0, 0.1) is 0 Å². The number of ketones is 1. The van der Waals surface area contributed by atoms with E-state index in [4.69, 9.17) is 12.6 Å². The van der Waals surface area contributed by atoms with Crippen LogP contribution in [0.15, 0.2) is 0 Å². The predicted molar refractivity (Wildman–Crippen MR) is 30.0 cm³/mol. The topological polar surface area (TPSA) is 17.1 Å². The quantitative estimate of drug-likeness (QED) is 0.483. The molecule has 0 bridgehead atoms. The number of Topliss-reactive ketones (excluding diaryl/α,β-unsaturated/α-hetero) is 1. The standard InChI is InChI=1S/C5H8OS.Au/c6-4-1-2-5(7)3-4;/h5,7H,1-3H2;/q;+1/p-1. The molecule has 0 aromatic carbocycles. The Labute approximate surface area is 70.1 Å². The van der Waals surface area contributed by atoms with Gasteiger partial charge in [0.15, 0.2) is 0 Å². The van der Waals surface area contributed by atoms with Crippen LogP contribution < -0.4 is 0 Å². The molecule has 1 saturated carbocycles. The normalized spacial score (nSPS) is 27.6. The Balaban J connectivity index is 0.000000490. The van der Waals surface area contributed by atoms with Crippen molar-refractivity contribution in [3.8, 4) is 0 Å². The van der Waals surface area contributed by atoms with Crippen molar-refractivity contribution in [2.75, 3.05) is 0 Å². The van der Waals surface area contributed by atoms with E-state index >= 15 is 0 Å². The van der Waals surface area contributed by atoms with E-state index in [2.05, 4.69) is 0 Å². The molecule has 0 saturated heterocycles. The zero-order valence-corrected chi connectivity index (χ0v) is 7.30. The maximum Gasteiger partial charge on any atom is 1.00 e. The van der Waals surface area contributed by atoms with E-state index in [9.17, 15) is 4.79 Å². The van der Waals surface area contributed by atoms with Crippen LogP contribution in [0.3, 0.4) is 0 Å². The summed E-state index contributed by atoms with van der Waals surface area (Å²) in [5.41, 5.74) is 0. The van der Waals surface area contributed by atoms with E-state index in [0.29, 0.717) is 12.2 Å². The molecular weight excluding hydrogens is 305 g/mol. The molecule has 8 heavy (non-hydrogen) atoms. The summed E-state index contributed by atoms with van der Waals surface area (Å²) in [6, 6.07) is 0. The molecule has 1 fully saturated rings. The fourth-order valence-electron chi connectivity index (χ4n) is 0.780. The van der Waals surface area contributed by atoms with Gasteiger partial charge < -0.3 is 12.6 Å². The second-order valence-electron chi connectivity index (χ2n) is 1.90. The van der Waals surface area contributed by atoms with Crippen molar-refractivity contribution in [2.24, 2.45) is 0 Å². The van der Waals surface area contributed by atoms with Crippen molar-refractivity contribution in [3.63, 3.8) is 0 Å². The van der Waals surface area contributed by atoms with Crippen molar-refractivity contribution < 1.29 is 27.2 Å². The van der Waals surface area contributed by atoms with Crippen molar-refractivity contribution in [1.29, 1.82) is 0 Å². The molecule has 0 aliphatic heterocycles. The Morgan fingerprint density at radius 3 is 2.38 bits per heavy atom. The molecular formula is C5H7AuOS. The molecule has 1 nitrogen and oxygen atoms in total. The summed E-state index contributed by atoms with van der Waals surface area (Å²) in [6.07, 6.45) is 2.32. The van der Waals surface area contributed by atoms with Gasteiger partial charge in [-0.2, -0.15) is 5.25 Å². The minimum atomic E-state index is 0. The smallest absolute Gasteiger partial charge is 0.789 e. The average molecular weight is 312 g/mol. The van der Waals surface area contributed by atoms with Crippen molar-refractivity contribution >= 4 is 18.4 Å². The van der Waals surface area contributed by atoms with Crippen LogP contribution in [0.4, 0.5) is 0 Å². The first-order valence-electron chi connectivity index (χ1n) is 2.46. The van der Waals surface area contributed by atoms with Crippen molar-refractivity contribution in [2.45, 2.75) is 24.5 Å². The second kappa shape index (κ2) is 3.72. The number of carbonyl (C=O) groups excluding carboxylic acids is 1. The summed E-state index contributed by atoms with van der Waals surface area (Å²) < 4.78 is 0. The van der Waals surface area contributed by atoms with Gasteiger partial charge in [0, 0.05) is 6.42 Å². The zero-order valence-electron chi connectivity index (χ0n) is 4.32. The number of carbonyl (C=O) groups is 1. The molecule has 0 N–H and O–H groups in total. The van der Waals surface area contributed by atoms with Gasteiger partial charge in [-0.15, -0.1) is 0 Å². The molecule has 1 aliphatic carbocycles. The first-order valence-corrected chi connectivity index (χ1v) is 2.93. The summed E-state index contributed by atoms with van der Waals surface area (Å²) in [5.74, 6) is 0.347. The Morgan fingerprint density at radius 2 is 2.25 bits per heavy atom. The largest absolute Gasteiger partial charge is 1.00 e. The molecule has 1 unspecified atom stereocenters. The van der Waals surface area contributed by atoms with Crippen LogP contribution in [0.2, 0.25) is 0 Å². The summed E-state index contributed by atoms with van der Waals surface area (Å²) in [6.45, 7) is 0. The van der Waals surface area contributed by atoms with Gasteiger partial charge in [0.2, 0.25) is 0 Å². The van der Waals surface area contributed by atoms with Crippen LogP contribution in [-0.4, -0.2) is 11.0 Å². The van der Waals surface area contributed by atoms with E-state index in [1.54, 1.807) is 0 Å². The van der Waals surface area contributed by atoms with Crippen LogP contribution in [0.25, 0.3) is 0 Å². The number of hydrogen-bond donors (Lipinski definition) is 0. The summed E-state index contributed by atoms with van der Waals surface area (Å²) in [7, 11) is 0. The van der Waals surface area contributed by atoms with Crippen LogP contribution in [0.5, 0.6) is 0 Å². The third kappa shape index (κ3) is 2.35. The van der Waals surface area contributed by atoms with Crippen LogP contribution >= 0.6 is 0 Å². The molecule has 0 aromatic heterocycles. The molecule has 0 spiro atoms. The third-order valence-electron chi connectivity index (χ3n) is 1.20. The van der Waals surface area contributed by atoms with Crippen molar-refractivity contribution in [1.82, 2.24) is 0 Å². The maximum absolute atomic E-state index is 10.4. The molecule has 0 radical (unpaired) electrons. The molecule has 0 heterocycles. The van der Waals surface area contributed by atoms with Gasteiger partial charge in [-0.05, 0) is 6.42 Å². The minimum absolute atomic E-state index is 0. The van der Waals surface area contributed by atoms with Gasteiger partial charge in [-0.1, -0.05) is 6.42 Å². The van der Waals surface area contributed by atoms with E-state index < -0.39 is 0 Å². The number of hydrogen-bond acceptors (Lipinski definition) is 2. The Kier molecular flexibility index (Phi) is 4.08. The van der Waals surface area contributed by atoms with Gasteiger partial charge >= 0.3 is 22.4 Å². The van der Waals surface area contributed by atoms with E-state index in [0.717, 1.165) is 12.8 Å². The summed E-state index contributed by atoms with van der Waals surface area (Å²) in [5, 5.41) is 0.257. The summed E-state index contributed by atoms with van der Waals surface area (Å²) in [4.78, 5) is 10.4. The Morgan fingerprint density at radius 1 is 1.62 bits per heavy atom. The Hall–Kier alpha value is 0.760. The third-order valence-corrected chi connectivity index (χ3v) is 1.60. The second-order valence-corrected chi connectivity index (χ2v) is 2.57. The SMILES string of the molecule is O=C1CCC([S-])C1.[Au+]. The van der Waals surface area contributed by atoms with Gasteiger partial charge in [0.1, 0.15) is 5.78 Å². The summed E-state index contributed by atoms with van der Waals surface area (Å²) >= 11 is 4.86. The Bertz CT molecular complexity index is 94.4. The van der Waals surface area contributed by atoms with Gasteiger partial charge in [0.05, 0.1) is 0 Å². The maximum atomic E-state index is 10.4. The fourth-order valence-corrected chi connectivity index (χ4v) is 1.08. The van der Waals surface area contributed by atoms with E-state index in [1.165, 1.54) is 0 Å². The molecule has 3 heteroatoms. The molecule has 1 rings (SSSR count). The molecule has 1 aliphatic rings. The zero-order chi connectivity index (χ0) is 5.28.